The number of carboxylic acids is 1. The van der Waals surface area contributed by atoms with Gasteiger partial charge in [-0.2, -0.15) is 13.2 Å². The van der Waals surface area contributed by atoms with Crippen molar-refractivity contribution in [3.8, 4) is 22.7 Å². The van der Waals surface area contributed by atoms with Crippen molar-refractivity contribution in [3.63, 3.8) is 0 Å². The minimum absolute atomic E-state index is 0.322. The maximum atomic E-state index is 13.4. The van der Waals surface area contributed by atoms with Crippen LogP contribution in [0.5, 0.6) is 0 Å². The van der Waals surface area contributed by atoms with Gasteiger partial charge in [-0.05, 0) is 30.2 Å². The second-order valence-corrected chi connectivity index (χ2v) is 7.28. The molecule has 1 aliphatic heterocycles. The maximum absolute atomic E-state index is 13.4. The third-order valence-electron chi connectivity index (χ3n) is 4.85. The number of carbonyl (C=O) groups is 1. The SMILES string of the molecule is Fc1cccc(-c2nc(Cn3cc(-c4cccc5c4NCC5)nn3)co2)c1.O=C(O)C(F)(F)F. The molecule has 2 aromatic carbocycles. The Hall–Kier alpha value is -4.22. The molecule has 12 heteroatoms. The lowest BCUT2D eigenvalue weighted by Crippen LogP contribution is -2.21. The van der Waals surface area contributed by atoms with Gasteiger partial charge in [0.15, 0.2) is 0 Å². The highest BCUT2D eigenvalue weighted by Gasteiger charge is 2.38. The van der Waals surface area contributed by atoms with Gasteiger partial charge in [0.1, 0.15) is 23.5 Å². The van der Waals surface area contributed by atoms with Crippen LogP contribution >= 0.6 is 0 Å². The first kappa shape index (κ1) is 23.0. The third-order valence-corrected chi connectivity index (χ3v) is 4.85. The van der Waals surface area contributed by atoms with Gasteiger partial charge in [0.05, 0.1) is 12.7 Å². The van der Waals surface area contributed by atoms with Crippen LogP contribution < -0.4 is 5.32 Å². The molecule has 2 aromatic heterocycles. The Morgan fingerprint density at radius 1 is 1.21 bits per heavy atom. The van der Waals surface area contributed by atoms with E-state index in [1.807, 2.05) is 18.3 Å². The molecule has 0 radical (unpaired) electrons. The number of nitrogens with zero attached hydrogens (tertiary/aromatic N) is 4. The molecule has 1 aliphatic rings. The third kappa shape index (κ3) is 5.22. The highest BCUT2D eigenvalue weighted by atomic mass is 19.4. The number of oxazole rings is 1. The molecule has 0 fully saturated rings. The second-order valence-electron chi connectivity index (χ2n) is 7.28. The number of hydrogen-bond acceptors (Lipinski definition) is 6. The van der Waals surface area contributed by atoms with Gasteiger partial charge in [0.25, 0.3) is 0 Å². The normalized spacial score (nSPS) is 12.5. The van der Waals surface area contributed by atoms with E-state index < -0.39 is 12.1 Å². The monoisotopic (exact) mass is 475 g/mol. The highest BCUT2D eigenvalue weighted by Crippen LogP contribution is 2.33. The van der Waals surface area contributed by atoms with Crippen molar-refractivity contribution < 1.29 is 31.9 Å². The summed E-state index contributed by atoms with van der Waals surface area (Å²) in [4.78, 5) is 13.3. The lowest BCUT2D eigenvalue weighted by atomic mass is 10.1. The Morgan fingerprint density at radius 2 is 1.97 bits per heavy atom. The summed E-state index contributed by atoms with van der Waals surface area (Å²) in [5.74, 6) is -2.69. The molecule has 0 aliphatic carbocycles. The fourth-order valence-electron chi connectivity index (χ4n) is 3.35. The average Bonchev–Trinajstić information content (AvgIpc) is 3.54. The zero-order valence-electron chi connectivity index (χ0n) is 17.4. The average molecular weight is 475 g/mol. The van der Waals surface area contributed by atoms with Gasteiger partial charge in [0.2, 0.25) is 5.89 Å². The number of alkyl halides is 3. The summed E-state index contributed by atoms with van der Waals surface area (Å²) in [6.45, 7) is 1.37. The van der Waals surface area contributed by atoms with Crippen molar-refractivity contribution in [1.29, 1.82) is 0 Å². The van der Waals surface area contributed by atoms with Crippen LogP contribution in [-0.2, 0) is 17.8 Å². The summed E-state index contributed by atoms with van der Waals surface area (Å²) >= 11 is 0. The predicted octanol–water partition coefficient (Wildman–Crippen LogP) is 4.39. The minimum atomic E-state index is -5.08. The van der Waals surface area contributed by atoms with Crippen molar-refractivity contribution in [2.24, 2.45) is 0 Å². The maximum Gasteiger partial charge on any atom is 0.490 e. The fraction of sp³-hybridized carbons (Fsp3) is 0.182. The summed E-state index contributed by atoms with van der Waals surface area (Å²) in [5, 5.41) is 19.1. The van der Waals surface area contributed by atoms with Crippen LogP contribution in [0.25, 0.3) is 22.7 Å². The number of halogens is 4. The fourth-order valence-corrected chi connectivity index (χ4v) is 3.35. The van der Waals surface area contributed by atoms with Crippen molar-refractivity contribution in [3.05, 3.63) is 72.0 Å². The molecular formula is C22H17F4N5O3. The van der Waals surface area contributed by atoms with Gasteiger partial charge in [-0.1, -0.05) is 29.5 Å². The number of aromatic nitrogens is 4. The molecule has 0 unspecified atom stereocenters. The summed E-state index contributed by atoms with van der Waals surface area (Å²) in [7, 11) is 0. The number of benzene rings is 2. The zero-order chi connectivity index (χ0) is 24.3. The van der Waals surface area contributed by atoms with Gasteiger partial charge in [-0.3, -0.25) is 0 Å². The summed E-state index contributed by atoms with van der Waals surface area (Å²) in [5.41, 5.74) is 5.61. The molecule has 8 nitrogen and oxygen atoms in total. The van der Waals surface area contributed by atoms with Gasteiger partial charge < -0.3 is 14.8 Å². The van der Waals surface area contributed by atoms with E-state index in [0.29, 0.717) is 23.7 Å². The second kappa shape index (κ2) is 9.33. The van der Waals surface area contributed by atoms with Crippen molar-refractivity contribution in [2.75, 3.05) is 11.9 Å². The number of rotatable bonds is 4. The van der Waals surface area contributed by atoms with E-state index in [2.05, 4.69) is 26.7 Å². The molecule has 2 N–H and O–H groups in total. The number of carboxylic acid groups (broad SMARTS) is 1. The van der Waals surface area contributed by atoms with Gasteiger partial charge >= 0.3 is 12.1 Å². The number of anilines is 1. The number of nitrogens with one attached hydrogen (secondary N) is 1. The molecule has 0 spiro atoms. The standard InChI is InChI=1S/C20H16FN5O.C2HF3O2/c21-15-5-1-4-14(9-15)20-23-16(12-27-20)10-26-11-18(24-25-26)17-6-2-3-13-7-8-22-19(13)17;3-2(4,5)1(6)7/h1-6,9,11-12,22H,7-8,10H2;(H,6,7). The van der Waals surface area contributed by atoms with E-state index in [0.717, 1.165) is 29.9 Å². The summed E-state index contributed by atoms with van der Waals surface area (Å²) in [6.07, 6.45) is -0.603. The van der Waals surface area contributed by atoms with Crippen LogP contribution in [0.15, 0.2) is 59.3 Å². The van der Waals surface area contributed by atoms with E-state index in [4.69, 9.17) is 14.3 Å². The molecule has 0 amide bonds. The van der Waals surface area contributed by atoms with Crippen LogP contribution in [0.2, 0.25) is 0 Å². The molecule has 3 heterocycles. The Kier molecular flexibility index (Phi) is 6.30. The summed E-state index contributed by atoms with van der Waals surface area (Å²) in [6, 6.07) is 12.4. The molecule has 4 aromatic rings. The molecule has 0 atom stereocenters. The Labute approximate surface area is 189 Å². The molecule has 0 bridgehead atoms. The van der Waals surface area contributed by atoms with E-state index in [1.165, 1.54) is 17.7 Å². The largest absolute Gasteiger partial charge is 0.490 e. The lowest BCUT2D eigenvalue weighted by Gasteiger charge is -2.05. The Balaban J connectivity index is 0.000000344. The predicted molar refractivity (Wildman–Crippen MR) is 112 cm³/mol. The first-order valence-corrected chi connectivity index (χ1v) is 9.97. The van der Waals surface area contributed by atoms with E-state index in [9.17, 15) is 17.6 Å². The van der Waals surface area contributed by atoms with Gasteiger partial charge in [0, 0.05) is 23.4 Å². The van der Waals surface area contributed by atoms with Crippen LogP contribution in [0, 0.1) is 5.82 Å². The van der Waals surface area contributed by atoms with Crippen molar-refractivity contribution in [2.45, 2.75) is 19.1 Å². The Morgan fingerprint density at radius 3 is 2.71 bits per heavy atom. The minimum Gasteiger partial charge on any atom is -0.475 e. The number of fused-ring (bicyclic) bond motifs is 1. The van der Waals surface area contributed by atoms with E-state index in [1.54, 1.807) is 23.1 Å². The molecule has 5 rings (SSSR count). The van der Waals surface area contributed by atoms with E-state index >= 15 is 0 Å². The van der Waals surface area contributed by atoms with Gasteiger partial charge in [-0.25, -0.2) is 18.9 Å². The van der Waals surface area contributed by atoms with Crippen LogP contribution in [0.4, 0.5) is 23.2 Å². The topological polar surface area (TPSA) is 106 Å². The zero-order valence-corrected chi connectivity index (χ0v) is 17.4. The molecule has 176 valence electrons. The van der Waals surface area contributed by atoms with Crippen LogP contribution in [0.3, 0.4) is 0 Å². The van der Waals surface area contributed by atoms with Gasteiger partial charge in [-0.15, -0.1) is 5.10 Å². The number of hydrogen-bond donors (Lipinski definition) is 2. The van der Waals surface area contributed by atoms with Crippen LogP contribution in [-0.4, -0.2) is 43.8 Å². The molecule has 0 saturated carbocycles. The van der Waals surface area contributed by atoms with Crippen molar-refractivity contribution >= 4 is 11.7 Å². The first-order valence-electron chi connectivity index (χ1n) is 9.97. The highest BCUT2D eigenvalue weighted by molar-refractivity contribution is 5.79. The molecule has 0 saturated heterocycles. The summed E-state index contributed by atoms with van der Waals surface area (Å²) < 4.78 is 52.3. The molecule has 34 heavy (non-hydrogen) atoms. The number of para-hydroxylation sites is 1. The lowest BCUT2D eigenvalue weighted by molar-refractivity contribution is -0.192. The number of aliphatic carboxylic acids is 1. The first-order chi connectivity index (χ1) is 16.2. The quantitative estimate of drug-likeness (QED) is 0.422. The molecular weight excluding hydrogens is 458 g/mol. The Bertz CT molecular complexity index is 1320. The smallest absolute Gasteiger partial charge is 0.475 e. The van der Waals surface area contributed by atoms with Crippen LogP contribution in [0.1, 0.15) is 11.3 Å². The van der Waals surface area contributed by atoms with E-state index in [-0.39, 0.29) is 5.82 Å². The van der Waals surface area contributed by atoms with Crippen molar-refractivity contribution in [1.82, 2.24) is 20.0 Å².